The molecule has 0 aromatic heterocycles. The van der Waals surface area contributed by atoms with E-state index in [4.69, 9.17) is 0 Å². The Morgan fingerprint density at radius 1 is 0.600 bits per heavy atom. The molecule has 0 aliphatic heterocycles. The van der Waals surface area contributed by atoms with Gasteiger partial charge in [0.05, 0.1) is 0 Å². The molecule has 6 aromatic rings. The summed E-state index contributed by atoms with van der Waals surface area (Å²) in [5.74, 6) is 0.581. The van der Waals surface area contributed by atoms with Crippen LogP contribution in [0, 0.1) is 35.6 Å². The average molecular weight is 616 g/mol. The molecule has 0 heterocycles. The van der Waals surface area contributed by atoms with Gasteiger partial charge in [-0.1, -0.05) is 106 Å². The van der Waals surface area contributed by atoms with E-state index in [1.165, 1.54) is 89.4 Å². The molecule has 2 radical (unpaired) electrons. The molecule has 0 saturated heterocycles. The van der Waals surface area contributed by atoms with Crippen LogP contribution < -0.4 is 0 Å². The van der Waals surface area contributed by atoms with Gasteiger partial charge >= 0.3 is 30.2 Å². The van der Waals surface area contributed by atoms with Gasteiger partial charge in [-0.15, -0.1) is 68.6 Å². The topological polar surface area (TPSA) is 0 Å². The van der Waals surface area contributed by atoms with E-state index in [9.17, 15) is 0 Å². The van der Waals surface area contributed by atoms with Crippen LogP contribution in [0.15, 0.2) is 109 Å². The molecule has 6 aromatic carbocycles. The molecule has 0 fully saturated rings. The third-order valence-electron chi connectivity index (χ3n) is 7.21. The average Bonchev–Trinajstić information content (AvgIpc) is 3.56. The number of benzene rings is 4. The van der Waals surface area contributed by atoms with E-state index < -0.39 is 0 Å². The van der Waals surface area contributed by atoms with Crippen molar-refractivity contribution in [2.75, 3.05) is 0 Å². The van der Waals surface area contributed by atoms with Crippen molar-refractivity contribution < 1.29 is 23.3 Å². The second kappa shape index (κ2) is 15.3. The van der Waals surface area contributed by atoms with Crippen LogP contribution in [0.3, 0.4) is 0 Å². The number of fused-ring (bicyclic) bond motifs is 2. The Balaban J connectivity index is 0.000000253. The van der Waals surface area contributed by atoms with Crippen molar-refractivity contribution in [3.8, 4) is 22.3 Å². The molecule has 0 amide bonds. The Hall–Kier alpha value is -2.80. The second-order valence-corrected chi connectivity index (χ2v) is 10.2. The first kappa shape index (κ1) is 33.4. The standard InChI is InChI=1S/C19H19.C17H15.2CH3.Si.Zr/c1-13(2)16-11-15-8-6-10-18(19(15)12-16)17-9-5-4-7-14(17)3;1-12-10-16-13(2)8-9-15(17(16)11-12)14-6-4-3-5-7-14;;;;/h4-13H,1-3H3;3-11H,1-2H3;2*1H3;;/q4*-1;;. The molecule has 0 aliphatic rings. The first-order valence-corrected chi connectivity index (χ1v) is 17.3. The zero-order valence-corrected chi connectivity index (χ0v) is 28.4. The van der Waals surface area contributed by atoms with Crippen LogP contribution in [0.2, 0.25) is 0 Å². The minimum absolute atomic E-state index is 0. The molecule has 0 saturated carbocycles. The number of hydrogen-bond acceptors (Lipinski definition) is 0. The maximum atomic E-state index is 3.06. The third-order valence-corrected chi connectivity index (χ3v) is 7.21. The Morgan fingerprint density at radius 3 is 1.93 bits per heavy atom. The van der Waals surface area contributed by atoms with Crippen LogP contribution in [-0.4, -0.2) is 6.88 Å². The number of hydrogen-bond donors (Lipinski definition) is 0. The summed E-state index contributed by atoms with van der Waals surface area (Å²) in [5, 5.41) is 5.47. The van der Waals surface area contributed by atoms with Gasteiger partial charge in [-0.2, -0.15) is 12.1 Å². The molecule has 2 heteroatoms. The van der Waals surface area contributed by atoms with Crippen LogP contribution in [0.5, 0.6) is 0 Å². The molecule has 0 N–H and O–H groups in total. The molecule has 0 atom stereocenters. The van der Waals surface area contributed by atoms with Crippen molar-refractivity contribution in [1.29, 1.82) is 0 Å². The summed E-state index contributed by atoms with van der Waals surface area (Å²) < 4.78 is 0. The van der Waals surface area contributed by atoms with Gasteiger partial charge in [0.1, 0.15) is 0 Å². The Kier molecular flexibility index (Phi) is 12.8. The molecule has 6 rings (SSSR count). The van der Waals surface area contributed by atoms with Crippen molar-refractivity contribution >= 4 is 28.4 Å². The number of aryl methyl sites for hydroxylation is 3. The summed E-state index contributed by atoms with van der Waals surface area (Å²) in [6, 6.07) is 39.5. The Labute approximate surface area is 259 Å². The summed E-state index contributed by atoms with van der Waals surface area (Å²) in [5.41, 5.74) is 10.8. The van der Waals surface area contributed by atoms with E-state index in [2.05, 4.69) is 151 Å². The summed E-state index contributed by atoms with van der Waals surface area (Å²) >= 11 is 1.36. The molecule has 204 valence electrons. The van der Waals surface area contributed by atoms with E-state index in [-0.39, 0.29) is 14.9 Å². The predicted molar refractivity (Wildman–Crippen MR) is 177 cm³/mol. The minimum atomic E-state index is 0. The zero-order chi connectivity index (χ0) is 27.2. The summed E-state index contributed by atoms with van der Waals surface area (Å²) in [7, 11) is 0. The SMILES string of the molecule is Cc1cc2c(-c3ccccc3)ccc(C)c2[cH-]1.Cc1ccccc1-c1cccc2[cH-]c(C(C)C)cc12.[CH3-].[CH3-].[Si]=[Zr]. The molecule has 0 nitrogen and oxygen atoms in total. The van der Waals surface area contributed by atoms with Crippen molar-refractivity contribution in [3.05, 3.63) is 146 Å². The Bertz CT molecular complexity index is 1650. The predicted octanol–water partition coefficient (Wildman–Crippen LogP) is 11.0. The monoisotopic (exact) mass is 614 g/mol. The van der Waals surface area contributed by atoms with E-state index in [0.717, 1.165) is 0 Å². The quantitative estimate of drug-likeness (QED) is 0.137. The van der Waals surface area contributed by atoms with Gasteiger partial charge in [0.25, 0.3) is 0 Å². The van der Waals surface area contributed by atoms with Crippen LogP contribution in [0.25, 0.3) is 43.8 Å². The Morgan fingerprint density at radius 2 is 1.25 bits per heavy atom. The second-order valence-electron chi connectivity index (χ2n) is 10.2. The molecular formula is C38H40SiZr-4. The van der Waals surface area contributed by atoms with E-state index in [1.807, 2.05) is 0 Å². The van der Waals surface area contributed by atoms with Crippen molar-refractivity contribution in [2.24, 2.45) is 0 Å². The molecule has 0 spiro atoms. The van der Waals surface area contributed by atoms with Crippen LogP contribution >= 0.6 is 0 Å². The van der Waals surface area contributed by atoms with Gasteiger partial charge in [-0.05, 0) is 29.5 Å². The fourth-order valence-corrected chi connectivity index (χ4v) is 5.16. The van der Waals surface area contributed by atoms with Gasteiger partial charge < -0.3 is 14.9 Å². The first-order valence-electron chi connectivity index (χ1n) is 13.1. The van der Waals surface area contributed by atoms with Gasteiger partial charge in [0.2, 0.25) is 0 Å². The molecule has 0 bridgehead atoms. The molecular weight excluding hydrogens is 576 g/mol. The van der Waals surface area contributed by atoms with Crippen molar-refractivity contribution in [3.63, 3.8) is 0 Å². The van der Waals surface area contributed by atoms with Crippen LogP contribution in [0.1, 0.15) is 42.0 Å². The van der Waals surface area contributed by atoms with Gasteiger partial charge in [-0.25, -0.2) is 0 Å². The molecule has 0 aliphatic carbocycles. The van der Waals surface area contributed by atoms with E-state index >= 15 is 0 Å². The summed E-state index contributed by atoms with van der Waals surface area (Å²) in [6.07, 6.45) is 0. The van der Waals surface area contributed by atoms with Crippen molar-refractivity contribution in [1.82, 2.24) is 0 Å². The van der Waals surface area contributed by atoms with Crippen molar-refractivity contribution in [2.45, 2.75) is 40.5 Å². The summed E-state index contributed by atoms with van der Waals surface area (Å²) in [4.78, 5) is 0. The maximum absolute atomic E-state index is 3.06. The first-order chi connectivity index (χ1) is 18.4. The fraction of sp³-hybridized carbons (Fsp3) is 0.158. The fourth-order valence-electron chi connectivity index (χ4n) is 5.16. The van der Waals surface area contributed by atoms with Gasteiger partial charge in [0, 0.05) is 0 Å². The molecule has 40 heavy (non-hydrogen) atoms. The number of rotatable bonds is 3. The normalized spacial score (nSPS) is 10.1. The van der Waals surface area contributed by atoms with E-state index in [0.29, 0.717) is 5.92 Å². The van der Waals surface area contributed by atoms with Gasteiger partial charge in [0.15, 0.2) is 0 Å². The van der Waals surface area contributed by atoms with Crippen LogP contribution in [0.4, 0.5) is 0 Å². The van der Waals surface area contributed by atoms with Crippen LogP contribution in [-0.2, 0) is 23.3 Å². The molecule has 0 unspecified atom stereocenters. The zero-order valence-electron chi connectivity index (χ0n) is 25.0. The van der Waals surface area contributed by atoms with E-state index in [1.54, 1.807) is 0 Å². The summed E-state index contributed by atoms with van der Waals surface area (Å²) in [6.45, 7) is 14.1. The van der Waals surface area contributed by atoms with Gasteiger partial charge in [-0.3, -0.25) is 0 Å². The third kappa shape index (κ3) is 7.28.